The summed E-state index contributed by atoms with van der Waals surface area (Å²) in [7, 11) is 0. The van der Waals surface area contributed by atoms with Crippen LogP contribution >= 0.6 is 23.5 Å². The number of hydrogen-bond acceptors (Lipinski definition) is 7. The molecule has 6 aromatic rings. The lowest BCUT2D eigenvalue weighted by Gasteiger charge is -2.08. The van der Waals surface area contributed by atoms with Gasteiger partial charge in [-0.25, -0.2) is 9.97 Å². The van der Waals surface area contributed by atoms with Gasteiger partial charge in [0.05, 0.1) is 5.69 Å². The number of anilines is 2. The number of nitrogens with one attached hydrogen (secondary N) is 1. The lowest BCUT2D eigenvalue weighted by Crippen LogP contribution is -2.00. The Morgan fingerprint density at radius 1 is 0.518 bits per heavy atom. The molecule has 0 aliphatic rings. The molecule has 0 radical (unpaired) electrons. The Kier molecular flexibility index (Phi) is 13.6. The van der Waals surface area contributed by atoms with E-state index in [9.17, 15) is 9.59 Å². The van der Waals surface area contributed by atoms with Crippen LogP contribution in [0.5, 0.6) is 0 Å². The maximum Gasteiger partial charge on any atom is 0.227 e. The fourth-order valence-corrected chi connectivity index (χ4v) is 6.39. The molecule has 270 valence electrons. The third-order valence-electron chi connectivity index (χ3n) is 7.91. The number of thioether (sulfide) groups is 2. The molecule has 0 aliphatic heterocycles. The molecule has 0 spiro atoms. The lowest BCUT2D eigenvalue weighted by molar-refractivity contribution is -0.109. The molecule has 1 aromatic heterocycles. The van der Waals surface area contributed by atoms with Crippen LogP contribution in [0, 0.1) is 47.4 Å². The maximum absolute atomic E-state index is 11.3. The highest BCUT2D eigenvalue weighted by Crippen LogP contribution is 2.22. The maximum atomic E-state index is 11.3. The summed E-state index contributed by atoms with van der Waals surface area (Å²) in [6.07, 6.45) is 5.64. The van der Waals surface area contributed by atoms with Crippen LogP contribution in [0.3, 0.4) is 0 Å². The average molecular weight is 762 g/mol. The molecule has 56 heavy (non-hydrogen) atoms. The molecular weight excluding hydrogens is 727 g/mol. The molecule has 0 fully saturated rings. The molecule has 1 heterocycles. The van der Waals surface area contributed by atoms with Crippen LogP contribution in [-0.4, -0.2) is 20.2 Å². The number of rotatable bonds is 6. The van der Waals surface area contributed by atoms with E-state index in [1.165, 1.54) is 23.5 Å². The first-order valence-electron chi connectivity index (χ1n) is 17.8. The number of nitrogens with zero attached hydrogens (tertiary/aromatic N) is 2. The standard InChI is InChI=1S/C49H35N3O2S2/c1-4-5-44-33-50-49(51-34-44)52-48-32-43(19-18-39-8-6-37(7-9-39)12-16-41-22-28-46(29-23-41)55-35(2)53)21-27-45(48)26-20-40-14-10-38(11-15-40)13-17-42-24-30-47(31-25-42)56-36(3)54/h6-11,14-15,21-25,27-34H,4-5H2,1-3H3,(H,50,51,52). The highest BCUT2D eigenvalue weighted by Gasteiger charge is 2.06. The minimum absolute atomic E-state index is 0.0565. The number of carbonyl (C=O) groups is 2. The fraction of sp³-hybridized carbons (Fsp3) is 0.102. The van der Waals surface area contributed by atoms with Gasteiger partial charge >= 0.3 is 0 Å². The molecule has 0 unspecified atom stereocenters. The van der Waals surface area contributed by atoms with Crippen molar-refractivity contribution < 1.29 is 9.59 Å². The Bertz CT molecular complexity index is 2610. The zero-order valence-electron chi connectivity index (χ0n) is 31.1. The van der Waals surface area contributed by atoms with Crippen molar-refractivity contribution in [2.24, 2.45) is 0 Å². The van der Waals surface area contributed by atoms with E-state index in [-0.39, 0.29) is 10.2 Å². The van der Waals surface area contributed by atoms with E-state index < -0.39 is 0 Å². The summed E-state index contributed by atoms with van der Waals surface area (Å²) < 4.78 is 0. The number of benzene rings is 5. The molecule has 5 aromatic carbocycles. The molecule has 0 aliphatic carbocycles. The number of hydrogen-bond donors (Lipinski definition) is 1. The summed E-state index contributed by atoms with van der Waals surface area (Å²) >= 11 is 2.42. The van der Waals surface area contributed by atoms with Crippen LogP contribution in [-0.2, 0) is 16.0 Å². The summed E-state index contributed by atoms with van der Waals surface area (Å²) in [5.41, 5.74) is 8.66. The summed E-state index contributed by atoms with van der Waals surface area (Å²) in [5, 5.41) is 3.47. The van der Waals surface area contributed by atoms with E-state index in [4.69, 9.17) is 0 Å². The van der Waals surface area contributed by atoms with E-state index >= 15 is 0 Å². The largest absolute Gasteiger partial charge is 0.323 e. The zero-order valence-corrected chi connectivity index (χ0v) is 32.7. The Labute approximate surface area is 337 Å². The van der Waals surface area contributed by atoms with Crippen LogP contribution in [0.25, 0.3) is 0 Å². The van der Waals surface area contributed by atoms with Gasteiger partial charge in [-0.1, -0.05) is 84.2 Å². The minimum atomic E-state index is 0.0565. The number of aromatic nitrogens is 2. The van der Waals surface area contributed by atoms with Crippen LogP contribution < -0.4 is 5.32 Å². The van der Waals surface area contributed by atoms with E-state index in [1.807, 2.05) is 128 Å². The van der Waals surface area contributed by atoms with Gasteiger partial charge in [0.1, 0.15) is 0 Å². The van der Waals surface area contributed by atoms with E-state index in [0.29, 0.717) is 5.95 Å². The van der Waals surface area contributed by atoms with E-state index in [2.05, 4.69) is 69.6 Å². The Balaban J connectivity index is 1.18. The number of carbonyl (C=O) groups excluding carboxylic acids is 2. The van der Waals surface area contributed by atoms with Gasteiger partial charge in [0, 0.05) is 80.5 Å². The molecule has 0 amide bonds. The molecule has 6 rings (SSSR count). The monoisotopic (exact) mass is 761 g/mol. The van der Waals surface area contributed by atoms with Gasteiger partial charge in [0.2, 0.25) is 5.95 Å². The minimum Gasteiger partial charge on any atom is -0.323 e. The first-order chi connectivity index (χ1) is 27.3. The highest BCUT2D eigenvalue weighted by atomic mass is 32.2. The molecular formula is C49H35N3O2S2. The van der Waals surface area contributed by atoms with Crippen LogP contribution in [0.4, 0.5) is 11.6 Å². The van der Waals surface area contributed by atoms with Gasteiger partial charge in [-0.2, -0.15) is 0 Å². The Morgan fingerprint density at radius 3 is 1.27 bits per heavy atom. The van der Waals surface area contributed by atoms with Gasteiger partial charge in [0.15, 0.2) is 10.2 Å². The molecule has 1 N–H and O–H groups in total. The van der Waals surface area contributed by atoms with E-state index in [1.54, 1.807) is 13.8 Å². The van der Waals surface area contributed by atoms with Crippen molar-refractivity contribution in [3.63, 3.8) is 0 Å². The normalized spacial score (nSPS) is 9.91. The summed E-state index contributed by atoms with van der Waals surface area (Å²) in [6.45, 7) is 5.24. The summed E-state index contributed by atoms with van der Waals surface area (Å²) in [6, 6.07) is 36.8. The first kappa shape index (κ1) is 39.0. The highest BCUT2D eigenvalue weighted by molar-refractivity contribution is 8.13. The molecule has 0 atom stereocenters. The van der Waals surface area contributed by atoms with Gasteiger partial charge in [-0.05, 0) is 127 Å². The smallest absolute Gasteiger partial charge is 0.227 e. The quantitative estimate of drug-likeness (QED) is 0.134. The molecule has 0 saturated heterocycles. The number of aryl methyl sites for hydroxylation is 1. The Morgan fingerprint density at radius 2 is 0.875 bits per heavy atom. The lowest BCUT2D eigenvalue weighted by atomic mass is 10.1. The molecule has 0 saturated carbocycles. The van der Waals surface area contributed by atoms with E-state index in [0.717, 1.165) is 78.4 Å². The van der Waals surface area contributed by atoms with Crippen molar-refractivity contribution in [1.29, 1.82) is 0 Å². The van der Waals surface area contributed by atoms with Crippen LogP contribution in [0.2, 0.25) is 0 Å². The van der Waals surface area contributed by atoms with Crippen molar-refractivity contribution in [2.75, 3.05) is 5.32 Å². The summed E-state index contributed by atoms with van der Waals surface area (Å²) in [4.78, 5) is 33.6. The van der Waals surface area contributed by atoms with Crippen molar-refractivity contribution in [1.82, 2.24) is 9.97 Å². The van der Waals surface area contributed by atoms with Gasteiger partial charge < -0.3 is 5.32 Å². The second kappa shape index (κ2) is 19.5. The Hall–Kier alpha value is -6.74. The predicted octanol–water partition coefficient (Wildman–Crippen LogP) is 10.0. The van der Waals surface area contributed by atoms with Gasteiger partial charge in [-0.3, -0.25) is 9.59 Å². The van der Waals surface area contributed by atoms with Crippen molar-refractivity contribution in [3.8, 4) is 47.4 Å². The molecule has 0 bridgehead atoms. The second-order valence-corrected chi connectivity index (χ2v) is 14.9. The third-order valence-corrected chi connectivity index (χ3v) is 9.50. The van der Waals surface area contributed by atoms with Gasteiger partial charge in [0.25, 0.3) is 0 Å². The van der Waals surface area contributed by atoms with Crippen LogP contribution in [0.15, 0.2) is 137 Å². The predicted molar refractivity (Wildman–Crippen MR) is 229 cm³/mol. The summed E-state index contributed by atoms with van der Waals surface area (Å²) in [5.74, 6) is 26.4. The van der Waals surface area contributed by atoms with Gasteiger partial charge in [-0.15, -0.1) is 0 Å². The average Bonchev–Trinajstić information content (AvgIpc) is 3.20. The second-order valence-electron chi connectivity index (χ2n) is 12.4. The third kappa shape index (κ3) is 12.1. The van der Waals surface area contributed by atoms with Crippen molar-refractivity contribution in [3.05, 3.63) is 178 Å². The SMILES string of the molecule is CCCc1cnc(Nc2cc(C#Cc3ccc(C#Cc4ccc(SC(C)=O)cc4)cc3)ccc2C#Cc2ccc(C#Cc3ccc(SC(C)=O)cc3)cc2)nc1. The van der Waals surface area contributed by atoms with Crippen molar-refractivity contribution in [2.45, 2.75) is 43.4 Å². The molecule has 7 heteroatoms. The van der Waals surface area contributed by atoms with Crippen molar-refractivity contribution >= 4 is 45.4 Å². The topological polar surface area (TPSA) is 72.0 Å². The fourth-order valence-electron chi connectivity index (χ4n) is 5.18. The first-order valence-corrected chi connectivity index (χ1v) is 19.5. The molecule has 5 nitrogen and oxygen atoms in total. The zero-order chi connectivity index (χ0) is 39.1. The van der Waals surface area contributed by atoms with Crippen LogP contribution in [0.1, 0.15) is 77.3 Å².